The Morgan fingerprint density at radius 3 is 2.46 bits per heavy atom. The predicted octanol–water partition coefficient (Wildman–Crippen LogP) is 6.10. The number of halogens is 5. The minimum absolute atomic E-state index is 0.0171. The first-order chi connectivity index (χ1) is 17.9. The monoisotopic (exact) mass is 567 g/mol. The summed E-state index contributed by atoms with van der Waals surface area (Å²) in [6.45, 7) is 7.92. The number of guanidine groups is 1. The van der Waals surface area contributed by atoms with Gasteiger partial charge >= 0.3 is 12.3 Å². The second kappa shape index (κ2) is 9.51. The number of alkyl halides is 3. The highest BCUT2D eigenvalue weighted by atomic mass is 35.5. The molecular weight excluding hydrogens is 542 g/mol. The van der Waals surface area contributed by atoms with E-state index in [-0.39, 0.29) is 35.0 Å². The molecule has 0 bridgehead atoms. The van der Waals surface area contributed by atoms with Crippen LogP contribution in [0.1, 0.15) is 51.1 Å². The van der Waals surface area contributed by atoms with E-state index in [1.54, 1.807) is 20.8 Å². The highest BCUT2D eigenvalue weighted by Crippen LogP contribution is 2.42. The van der Waals surface area contributed by atoms with Gasteiger partial charge in [0, 0.05) is 12.6 Å². The molecule has 0 aliphatic carbocycles. The number of aromatic nitrogens is 2. The number of hydrogen-bond donors (Lipinski definition) is 1. The normalized spacial score (nSPS) is 18.4. The molecule has 1 aliphatic heterocycles. The number of ether oxygens (including phenoxy) is 1. The number of imidazole rings is 1. The fourth-order valence-electron chi connectivity index (χ4n) is 4.47. The summed E-state index contributed by atoms with van der Waals surface area (Å²) in [5.41, 5.74) is -4.19. The molecule has 1 N–H and O–H groups in total. The van der Waals surface area contributed by atoms with Gasteiger partial charge in [-0.2, -0.15) is 13.2 Å². The molecule has 1 aromatic heterocycles. The third-order valence-corrected chi connectivity index (χ3v) is 6.49. The Bertz CT molecular complexity index is 1530. The van der Waals surface area contributed by atoms with Crippen molar-refractivity contribution in [3.8, 4) is 5.69 Å². The van der Waals surface area contributed by atoms with Crippen molar-refractivity contribution in [3.05, 3.63) is 58.1 Å². The number of benzene rings is 2. The lowest BCUT2D eigenvalue weighted by molar-refractivity contribution is -0.136. The number of aliphatic imine (C=N–C) groups is 1. The van der Waals surface area contributed by atoms with Crippen LogP contribution in [0.15, 0.2) is 35.3 Å². The van der Waals surface area contributed by atoms with Gasteiger partial charge in [-0.25, -0.2) is 19.2 Å². The molecular formula is C26H26ClF4N5O3. The van der Waals surface area contributed by atoms with Crippen LogP contribution in [0.3, 0.4) is 0 Å². The average Bonchev–Trinajstić information content (AvgIpc) is 3.10. The van der Waals surface area contributed by atoms with Crippen molar-refractivity contribution in [1.29, 1.82) is 0 Å². The molecule has 0 radical (unpaired) electrons. The largest absolute Gasteiger partial charge is 0.444 e. The minimum atomic E-state index is -4.84. The fourth-order valence-corrected chi connectivity index (χ4v) is 4.73. The first kappa shape index (κ1) is 28.3. The van der Waals surface area contributed by atoms with Crippen molar-refractivity contribution in [2.75, 3.05) is 7.05 Å². The van der Waals surface area contributed by atoms with E-state index in [0.717, 1.165) is 15.5 Å². The molecule has 2 heterocycles. The molecule has 39 heavy (non-hydrogen) atoms. The Morgan fingerprint density at radius 1 is 1.18 bits per heavy atom. The third kappa shape index (κ3) is 5.29. The zero-order valence-electron chi connectivity index (χ0n) is 22.0. The van der Waals surface area contributed by atoms with Crippen LogP contribution in [-0.2, 0) is 21.2 Å². The van der Waals surface area contributed by atoms with Crippen LogP contribution >= 0.6 is 11.6 Å². The van der Waals surface area contributed by atoms with Crippen molar-refractivity contribution in [1.82, 2.24) is 19.8 Å². The number of fused-ring (bicyclic) bond motifs is 1. The van der Waals surface area contributed by atoms with Crippen molar-refractivity contribution >= 4 is 40.6 Å². The van der Waals surface area contributed by atoms with E-state index in [0.29, 0.717) is 0 Å². The van der Waals surface area contributed by atoms with E-state index in [1.807, 2.05) is 0 Å². The summed E-state index contributed by atoms with van der Waals surface area (Å²) in [6, 6.07) is 6.56. The molecule has 13 heteroatoms. The number of hydrogen-bond acceptors (Lipinski definition) is 5. The Labute approximate surface area is 226 Å². The fraction of sp³-hybridized carbons (Fsp3) is 0.385. The van der Waals surface area contributed by atoms with Crippen LogP contribution in [-0.4, -0.2) is 45.1 Å². The molecule has 0 saturated heterocycles. The number of amides is 2. The Kier molecular flexibility index (Phi) is 6.91. The number of nitrogens with one attached hydrogen (secondary N) is 1. The van der Waals surface area contributed by atoms with Gasteiger partial charge in [-0.3, -0.25) is 19.6 Å². The summed E-state index contributed by atoms with van der Waals surface area (Å²) in [7, 11) is 1.40. The zero-order valence-corrected chi connectivity index (χ0v) is 22.8. The first-order valence-corrected chi connectivity index (χ1v) is 12.2. The summed E-state index contributed by atoms with van der Waals surface area (Å²) < 4.78 is 64.6. The summed E-state index contributed by atoms with van der Waals surface area (Å²) in [6.07, 6.45) is -5.98. The number of carbonyl (C=O) groups is 2. The first-order valence-electron chi connectivity index (χ1n) is 11.8. The smallest absolute Gasteiger partial charge is 0.419 e. The summed E-state index contributed by atoms with van der Waals surface area (Å²) in [5, 5.41) is 1.87. The molecule has 2 amide bonds. The number of carbonyl (C=O) groups excluding carboxylic acids is 2. The van der Waals surface area contributed by atoms with Crippen LogP contribution in [0.25, 0.3) is 16.7 Å². The van der Waals surface area contributed by atoms with Gasteiger partial charge in [0.1, 0.15) is 17.0 Å². The van der Waals surface area contributed by atoms with Crippen molar-refractivity contribution in [2.24, 2.45) is 4.99 Å². The maximum atomic E-state index is 16.3. The van der Waals surface area contributed by atoms with Gasteiger partial charge in [0.25, 0.3) is 0 Å². The molecule has 1 aliphatic rings. The maximum absolute atomic E-state index is 16.3. The van der Waals surface area contributed by atoms with Gasteiger partial charge < -0.3 is 4.74 Å². The SMILES string of the molecule is Cc1nc2ccc(Cl)c(C(F)(F)F)c2n1-c1cccc([C@]2(C)CC(=O)N(C)C(NC(=O)OC(C)(C)C)=N2)c1F. The van der Waals surface area contributed by atoms with E-state index in [4.69, 9.17) is 16.3 Å². The average molecular weight is 568 g/mol. The molecule has 0 spiro atoms. The molecule has 3 aromatic rings. The van der Waals surface area contributed by atoms with E-state index < -0.39 is 51.2 Å². The highest BCUT2D eigenvalue weighted by Gasteiger charge is 2.41. The van der Waals surface area contributed by atoms with Gasteiger partial charge in [0.15, 0.2) is 5.82 Å². The second-order valence-electron chi connectivity index (χ2n) is 10.4. The van der Waals surface area contributed by atoms with Crippen molar-refractivity contribution in [3.63, 3.8) is 0 Å². The van der Waals surface area contributed by atoms with E-state index in [9.17, 15) is 22.8 Å². The molecule has 4 rings (SSSR count). The van der Waals surface area contributed by atoms with Crippen LogP contribution < -0.4 is 5.32 Å². The lowest BCUT2D eigenvalue weighted by Crippen LogP contribution is -2.52. The van der Waals surface area contributed by atoms with Crippen LogP contribution in [0.5, 0.6) is 0 Å². The maximum Gasteiger partial charge on any atom is 0.419 e. The van der Waals surface area contributed by atoms with Gasteiger partial charge in [0.05, 0.1) is 33.7 Å². The Hall–Kier alpha value is -3.67. The predicted molar refractivity (Wildman–Crippen MR) is 137 cm³/mol. The van der Waals surface area contributed by atoms with Crippen LogP contribution in [0.4, 0.5) is 22.4 Å². The highest BCUT2D eigenvalue weighted by molar-refractivity contribution is 6.32. The third-order valence-electron chi connectivity index (χ3n) is 6.17. The van der Waals surface area contributed by atoms with E-state index in [1.165, 1.54) is 45.2 Å². The van der Waals surface area contributed by atoms with Crippen LogP contribution in [0, 0.1) is 12.7 Å². The molecule has 2 aromatic carbocycles. The molecule has 8 nitrogen and oxygen atoms in total. The molecule has 208 valence electrons. The van der Waals surface area contributed by atoms with Gasteiger partial charge in [-0.05, 0) is 52.8 Å². The molecule has 0 unspecified atom stereocenters. The molecule has 0 saturated carbocycles. The van der Waals surface area contributed by atoms with E-state index >= 15 is 4.39 Å². The number of alkyl carbamates (subject to hydrolysis) is 1. The van der Waals surface area contributed by atoms with Crippen molar-refractivity contribution in [2.45, 2.75) is 58.4 Å². The quantitative estimate of drug-likeness (QED) is 0.379. The molecule has 0 fully saturated rings. The van der Waals surface area contributed by atoms with Crippen LogP contribution in [0.2, 0.25) is 5.02 Å². The zero-order chi connectivity index (χ0) is 29.1. The summed E-state index contributed by atoms with van der Waals surface area (Å²) >= 11 is 5.94. The number of rotatable bonds is 2. The minimum Gasteiger partial charge on any atom is -0.444 e. The van der Waals surface area contributed by atoms with Gasteiger partial charge in [-0.15, -0.1) is 0 Å². The number of nitrogens with zero attached hydrogens (tertiary/aromatic N) is 4. The van der Waals surface area contributed by atoms with Gasteiger partial charge in [0.2, 0.25) is 11.9 Å². The second-order valence-corrected chi connectivity index (χ2v) is 10.8. The number of aryl methyl sites for hydroxylation is 1. The summed E-state index contributed by atoms with van der Waals surface area (Å²) in [4.78, 5) is 35.0. The molecule has 1 atom stereocenters. The topological polar surface area (TPSA) is 88.8 Å². The Morgan fingerprint density at radius 2 is 1.85 bits per heavy atom. The van der Waals surface area contributed by atoms with Gasteiger partial charge in [-0.1, -0.05) is 23.7 Å². The summed E-state index contributed by atoms with van der Waals surface area (Å²) in [5.74, 6) is -1.45. The standard InChI is InChI=1S/C26H26ClF4N5O3/c1-13-32-16-11-10-15(27)19(26(29,30)31)21(16)36(13)17-9-7-8-14(20(17)28)25(5)12-18(37)35(6)22(34-25)33-23(38)39-24(2,3)4/h7-11H,12H2,1-6H3,(H,33,34,38)/t25-/m0/s1. The Balaban J connectivity index is 1.88. The van der Waals surface area contributed by atoms with E-state index in [2.05, 4.69) is 15.3 Å². The lowest BCUT2D eigenvalue weighted by atomic mass is 9.86. The lowest BCUT2D eigenvalue weighted by Gasteiger charge is -2.35. The van der Waals surface area contributed by atoms with Crippen molar-refractivity contribution < 1.29 is 31.9 Å².